The van der Waals surface area contributed by atoms with Crippen molar-refractivity contribution in [2.45, 2.75) is 19.4 Å². The zero-order chi connectivity index (χ0) is 14.9. The molecule has 0 saturated carbocycles. The highest BCUT2D eigenvalue weighted by Crippen LogP contribution is 2.28. The van der Waals surface area contributed by atoms with E-state index in [9.17, 15) is 14.7 Å². The second-order valence-corrected chi connectivity index (χ2v) is 5.16. The number of phenolic OH excluding ortho intramolecular Hbond substituents is 1. The number of carbonyl (C=O) groups excluding carboxylic acids is 2. The Balaban J connectivity index is 2.33. The van der Waals surface area contributed by atoms with Gasteiger partial charge in [-0.25, -0.2) is 0 Å². The Hall–Kier alpha value is -2.24. The molecule has 0 unspecified atom stereocenters. The summed E-state index contributed by atoms with van der Waals surface area (Å²) in [4.78, 5) is 25.9. The average Bonchev–Trinajstić information content (AvgIpc) is 2.41. The largest absolute Gasteiger partial charge is 0.504 e. The SMILES string of the molecule is COc1cc(C(=O)N2CCNC(=O)C2(C)C)ccc1O. The number of benzene rings is 1. The molecular formula is C14H18N2O4. The number of carbonyl (C=O) groups is 2. The summed E-state index contributed by atoms with van der Waals surface area (Å²) in [5, 5.41) is 12.3. The van der Waals surface area contributed by atoms with E-state index in [4.69, 9.17) is 4.74 Å². The third-order valence-corrected chi connectivity index (χ3v) is 3.52. The summed E-state index contributed by atoms with van der Waals surface area (Å²) >= 11 is 0. The van der Waals surface area contributed by atoms with Gasteiger partial charge in [-0.2, -0.15) is 0 Å². The van der Waals surface area contributed by atoms with Gasteiger partial charge in [-0.05, 0) is 32.0 Å². The first-order chi connectivity index (χ1) is 9.37. The molecular weight excluding hydrogens is 260 g/mol. The Morgan fingerprint density at radius 2 is 2.15 bits per heavy atom. The third kappa shape index (κ3) is 2.29. The molecule has 0 aromatic heterocycles. The van der Waals surface area contributed by atoms with Crippen molar-refractivity contribution in [2.75, 3.05) is 20.2 Å². The summed E-state index contributed by atoms with van der Waals surface area (Å²) in [7, 11) is 1.42. The molecule has 0 aliphatic carbocycles. The molecule has 2 N–H and O–H groups in total. The molecule has 6 heteroatoms. The summed E-state index contributed by atoms with van der Waals surface area (Å²) in [6, 6.07) is 4.39. The van der Waals surface area contributed by atoms with Crippen LogP contribution in [0.4, 0.5) is 0 Å². The fraction of sp³-hybridized carbons (Fsp3) is 0.429. The predicted octanol–water partition coefficient (Wildman–Crippen LogP) is 0.751. The van der Waals surface area contributed by atoms with Crippen LogP contribution >= 0.6 is 0 Å². The first-order valence-electron chi connectivity index (χ1n) is 6.35. The Labute approximate surface area is 117 Å². The molecule has 2 amide bonds. The number of methoxy groups -OCH3 is 1. The molecule has 1 aromatic carbocycles. The minimum atomic E-state index is -0.902. The van der Waals surface area contributed by atoms with E-state index in [-0.39, 0.29) is 23.3 Å². The van der Waals surface area contributed by atoms with E-state index in [0.717, 1.165) is 0 Å². The van der Waals surface area contributed by atoms with Crippen LogP contribution in [-0.2, 0) is 4.79 Å². The Kier molecular flexibility index (Phi) is 3.57. The van der Waals surface area contributed by atoms with Crippen molar-refractivity contribution in [1.82, 2.24) is 10.2 Å². The molecule has 108 valence electrons. The van der Waals surface area contributed by atoms with Crippen molar-refractivity contribution in [2.24, 2.45) is 0 Å². The van der Waals surface area contributed by atoms with Crippen LogP contribution in [0.3, 0.4) is 0 Å². The van der Waals surface area contributed by atoms with E-state index in [1.165, 1.54) is 30.2 Å². The van der Waals surface area contributed by atoms with Gasteiger partial charge in [-0.15, -0.1) is 0 Å². The maximum absolute atomic E-state index is 12.5. The summed E-state index contributed by atoms with van der Waals surface area (Å²) in [5.74, 6) is -0.235. The number of piperazine rings is 1. The normalized spacial score (nSPS) is 17.6. The van der Waals surface area contributed by atoms with Gasteiger partial charge in [-0.3, -0.25) is 9.59 Å². The van der Waals surface area contributed by atoms with Gasteiger partial charge in [0.05, 0.1) is 7.11 Å². The minimum absolute atomic E-state index is 0.0281. The molecule has 2 rings (SSSR count). The van der Waals surface area contributed by atoms with Gasteiger partial charge < -0.3 is 20.1 Å². The predicted molar refractivity (Wildman–Crippen MR) is 72.8 cm³/mol. The molecule has 0 bridgehead atoms. The number of amides is 2. The zero-order valence-electron chi connectivity index (χ0n) is 11.8. The summed E-state index contributed by atoms with van der Waals surface area (Å²) in [5.41, 5.74) is -0.525. The number of aromatic hydroxyl groups is 1. The Morgan fingerprint density at radius 1 is 1.45 bits per heavy atom. The van der Waals surface area contributed by atoms with Crippen LogP contribution in [0.5, 0.6) is 11.5 Å². The molecule has 1 heterocycles. The van der Waals surface area contributed by atoms with E-state index >= 15 is 0 Å². The van der Waals surface area contributed by atoms with Crippen LogP contribution in [-0.4, -0.2) is 47.6 Å². The minimum Gasteiger partial charge on any atom is -0.504 e. The van der Waals surface area contributed by atoms with Gasteiger partial charge >= 0.3 is 0 Å². The highest BCUT2D eigenvalue weighted by atomic mass is 16.5. The Morgan fingerprint density at radius 3 is 2.80 bits per heavy atom. The van der Waals surface area contributed by atoms with E-state index in [1.54, 1.807) is 13.8 Å². The van der Waals surface area contributed by atoms with Crippen molar-refractivity contribution < 1.29 is 19.4 Å². The van der Waals surface area contributed by atoms with Gasteiger partial charge in [0.15, 0.2) is 11.5 Å². The molecule has 0 radical (unpaired) electrons. The Bertz CT molecular complexity index is 554. The second kappa shape index (κ2) is 5.03. The van der Waals surface area contributed by atoms with Crippen LogP contribution in [0.1, 0.15) is 24.2 Å². The van der Waals surface area contributed by atoms with Crippen molar-refractivity contribution in [3.63, 3.8) is 0 Å². The van der Waals surface area contributed by atoms with Crippen LogP contribution in [0.2, 0.25) is 0 Å². The highest BCUT2D eigenvalue weighted by molar-refractivity contribution is 6.00. The smallest absolute Gasteiger partial charge is 0.254 e. The van der Waals surface area contributed by atoms with Gasteiger partial charge in [0.2, 0.25) is 5.91 Å². The molecule has 0 spiro atoms. The van der Waals surface area contributed by atoms with Gasteiger partial charge in [0.25, 0.3) is 5.91 Å². The summed E-state index contributed by atoms with van der Waals surface area (Å²) in [6.07, 6.45) is 0. The lowest BCUT2D eigenvalue weighted by atomic mass is 9.97. The number of nitrogens with one attached hydrogen (secondary N) is 1. The molecule has 1 fully saturated rings. The van der Waals surface area contributed by atoms with E-state index < -0.39 is 5.54 Å². The fourth-order valence-corrected chi connectivity index (χ4v) is 2.22. The van der Waals surface area contributed by atoms with Crippen LogP contribution in [0.25, 0.3) is 0 Å². The zero-order valence-corrected chi connectivity index (χ0v) is 11.8. The quantitative estimate of drug-likeness (QED) is 0.837. The molecule has 1 saturated heterocycles. The topological polar surface area (TPSA) is 78.9 Å². The standard InChI is InChI=1S/C14H18N2O4/c1-14(2)13(19)15-6-7-16(14)12(18)9-4-5-10(17)11(8-9)20-3/h4-5,8,17H,6-7H2,1-3H3,(H,15,19). The number of hydrogen-bond acceptors (Lipinski definition) is 4. The molecule has 20 heavy (non-hydrogen) atoms. The van der Waals surface area contributed by atoms with Crippen molar-refractivity contribution in [3.8, 4) is 11.5 Å². The summed E-state index contributed by atoms with van der Waals surface area (Å²) < 4.78 is 5.00. The molecule has 1 aliphatic rings. The number of hydrogen-bond donors (Lipinski definition) is 2. The monoisotopic (exact) mass is 278 g/mol. The van der Waals surface area contributed by atoms with Crippen LogP contribution in [0, 0.1) is 0 Å². The molecule has 1 aromatic rings. The maximum Gasteiger partial charge on any atom is 0.254 e. The molecule has 1 aliphatic heterocycles. The number of rotatable bonds is 2. The molecule has 0 atom stereocenters. The fourth-order valence-electron chi connectivity index (χ4n) is 2.22. The number of phenols is 1. The lowest BCUT2D eigenvalue weighted by Crippen LogP contribution is -2.63. The second-order valence-electron chi connectivity index (χ2n) is 5.16. The van der Waals surface area contributed by atoms with Gasteiger partial charge in [-0.1, -0.05) is 0 Å². The maximum atomic E-state index is 12.5. The number of ether oxygens (including phenoxy) is 1. The van der Waals surface area contributed by atoms with Crippen molar-refractivity contribution in [1.29, 1.82) is 0 Å². The van der Waals surface area contributed by atoms with Crippen molar-refractivity contribution in [3.05, 3.63) is 23.8 Å². The van der Waals surface area contributed by atoms with E-state index in [0.29, 0.717) is 18.7 Å². The lowest BCUT2D eigenvalue weighted by molar-refractivity contribution is -0.133. The van der Waals surface area contributed by atoms with E-state index in [2.05, 4.69) is 5.32 Å². The van der Waals surface area contributed by atoms with Gasteiger partial charge in [0.1, 0.15) is 5.54 Å². The third-order valence-electron chi connectivity index (χ3n) is 3.52. The first kappa shape index (κ1) is 14.2. The van der Waals surface area contributed by atoms with Crippen LogP contribution < -0.4 is 10.1 Å². The first-order valence-corrected chi connectivity index (χ1v) is 6.35. The van der Waals surface area contributed by atoms with Crippen molar-refractivity contribution >= 4 is 11.8 Å². The lowest BCUT2D eigenvalue weighted by Gasteiger charge is -2.41. The van der Waals surface area contributed by atoms with Gasteiger partial charge in [0, 0.05) is 18.7 Å². The average molecular weight is 278 g/mol. The summed E-state index contributed by atoms with van der Waals surface area (Å²) in [6.45, 7) is 4.29. The van der Waals surface area contributed by atoms with E-state index in [1.807, 2.05) is 0 Å². The molecule has 6 nitrogen and oxygen atoms in total. The van der Waals surface area contributed by atoms with Crippen LogP contribution in [0.15, 0.2) is 18.2 Å². The number of nitrogens with zero attached hydrogens (tertiary/aromatic N) is 1. The highest BCUT2D eigenvalue weighted by Gasteiger charge is 2.40.